The Hall–Kier alpha value is -4.08. The van der Waals surface area contributed by atoms with Crippen molar-refractivity contribution in [3.8, 4) is 16.9 Å². The van der Waals surface area contributed by atoms with Crippen LogP contribution in [0.1, 0.15) is 51.8 Å². The number of nitrogens with one attached hydrogen (secondary N) is 1. The van der Waals surface area contributed by atoms with E-state index in [-0.39, 0.29) is 23.8 Å². The van der Waals surface area contributed by atoms with Crippen molar-refractivity contribution in [3.05, 3.63) is 100 Å². The first-order valence-electron chi connectivity index (χ1n) is 13.3. The summed E-state index contributed by atoms with van der Waals surface area (Å²) in [6.07, 6.45) is 3.85. The normalized spacial score (nSPS) is 16.6. The standard InChI is InChI=1S/C31H29FN4O3S/c1-35-13-10-21(11-14-35)19-2-4-20(5-3-19)22-6-7-23-18-36(30(39)25(23)16-22)28(26-17-24(32)8-9-27(26)37)29(38)34-31-33-12-15-40-31/h2-9,12,15-17,21,28,37H,10-11,13-14,18H2,1H3,(H,33,34,38)/t28-/m1/s1. The van der Waals surface area contributed by atoms with Crippen LogP contribution in [0.4, 0.5) is 9.52 Å². The number of carbonyl (C=O) groups is 2. The van der Waals surface area contributed by atoms with Crippen molar-refractivity contribution in [1.82, 2.24) is 14.8 Å². The summed E-state index contributed by atoms with van der Waals surface area (Å²) in [5.41, 5.74) is 4.51. The SMILES string of the molecule is CN1CCC(c2ccc(-c3ccc4c(c3)C(=O)N([C@@H](C(=O)Nc3nccs3)c3cc(F)ccc3O)C4)cc2)CC1. The molecule has 204 valence electrons. The van der Waals surface area contributed by atoms with Gasteiger partial charge in [-0.1, -0.05) is 36.4 Å². The minimum absolute atomic E-state index is 0.0138. The van der Waals surface area contributed by atoms with Crippen LogP contribution in [0.2, 0.25) is 0 Å². The van der Waals surface area contributed by atoms with Crippen molar-refractivity contribution in [2.45, 2.75) is 31.3 Å². The number of thiazole rings is 1. The number of anilines is 1. The molecule has 2 N–H and O–H groups in total. The van der Waals surface area contributed by atoms with Gasteiger partial charge in [-0.05, 0) is 85.4 Å². The fourth-order valence-electron chi connectivity index (χ4n) is 5.66. The Morgan fingerprint density at radius 2 is 1.82 bits per heavy atom. The van der Waals surface area contributed by atoms with Gasteiger partial charge in [-0.2, -0.15) is 0 Å². The van der Waals surface area contributed by atoms with Crippen LogP contribution in [-0.2, 0) is 11.3 Å². The third-order valence-electron chi connectivity index (χ3n) is 7.88. The van der Waals surface area contributed by atoms with Crippen LogP contribution >= 0.6 is 11.3 Å². The lowest BCUT2D eigenvalue weighted by molar-refractivity contribution is -0.120. The second kappa shape index (κ2) is 10.8. The van der Waals surface area contributed by atoms with Gasteiger partial charge in [0.25, 0.3) is 11.8 Å². The molecule has 6 rings (SSSR count). The molecule has 0 unspecified atom stereocenters. The zero-order valence-corrected chi connectivity index (χ0v) is 22.8. The fourth-order valence-corrected chi connectivity index (χ4v) is 6.19. The summed E-state index contributed by atoms with van der Waals surface area (Å²) in [5.74, 6) is -1.26. The van der Waals surface area contributed by atoms with Gasteiger partial charge in [0.2, 0.25) is 0 Å². The van der Waals surface area contributed by atoms with E-state index < -0.39 is 17.8 Å². The van der Waals surface area contributed by atoms with Gasteiger partial charge in [0, 0.05) is 29.2 Å². The average molecular weight is 557 g/mol. The molecule has 1 saturated heterocycles. The number of aromatic nitrogens is 1. The Labute approximate surface area is 235 Å². The van der Waals surface area contributed by atoms with E-state index in [9.17, 15) is 19.1 Å². The third kappa shape index (κ3) is 5.10. The third-order valence-corrected chi connectivity index (χ3v) is 8.57. The Balaban J connectivity index is 1.28. The van der Waals surface area contributed by atoms with Crippen molar-refractivity contribution in [1.29, 1.82) is 0 Å². The highest BCUT2D eigenvalue weighted by Gasteiger charge is 2.39. The van der Waals surface area contributed by atoms with Crippen molar-refractivity contribution in [3.63, 3.8) is 0 Å². The highest BCUT2D eigenvalue weighted by Crippen LogP contribution is 2.38. The molecule has 0 saturated carbocycles. The van der Waals surface area contributed by atoms with Gasteiger partial charge in [-0.25, -0.2) is 9.37 Å². The quantitative estimate of drug-likeness (QED) is 0.314. The summed E-state index contributed by atoms with van der Waals surface area (Å²) < 4.78 is 14.2. The number of nitrogens with zero attached hydrogens (tertiary/aromatic N) is 3. The Morgan fingerprint density at radius 1 is 1.07 bits per heavy atom. The van der Waals surface area contributed by atoms with E-state index in [1.54, 1.807) is 11.6 Å². The van der Waals surface area contributed by atoms with Gasteiger partial charge in [0.05, 0.1) is 0 Å². The van der Waals surface area contributed by atoms with Crippen LogP contribution in [-0.4, -0.2) is 51.8 Å². The number of likely N-dealkylation sites (tertiary alicyclic amines) is 1. The van der Waals surface area contributed by atoms with Crippen LogP contribution in [0, 0.1) is 5.82 Å². The Morgan fingerprint density at radius 3 is 2.55 bits per heavy atom. The number of carbonyl (C=O) groups excluding carboxylic acids is 2. The van der Waals surface area contributed by atoms with Crippen molar-refractivity contribution >= 4 is 28.3 Å². The molecule has 0 aliphatic carbocycles. The molecule has 40 heavy (non-hydrogen) atoms. The molecule has 4 aromatic rings. The highest BCUT2D eigenvalue weighted by atomic mass is 32.1. The molecule has 0 radical (unpaired) electrons. The molecule has 1 atom stereocenters. The Bertz CT molecular complexity index is 1550. The van der Waals surface area contributed by atoms with Gasteiger partial charge in [-0.3, -0.25) is 14.9 Å². The van der Waals surface area contributed by atoms with Crippen LogP contribution in [0.3, 0.4) is 0 Å². The van der Waals surface area contributed by atoms with Crippen LogP contribution < -0.4 is 5.32 Å². The maximum atomic E-state index is 14.2. The monoisotopic (exact) mass is 556 g/mol. The lowest BCUT2D eigenvalue weighted by Gasteiger charge is -2.29. The first kappa shape index (κ1) is 26.2. The summed E-state index contributed by atoms with van der Waals surface area (Å²) in [6, 6.07) is 16.4. The van der Waals surface area contributed by atoms with E-state index in [1.165, 1.54) is 27.9 Å². The summed E-state index contributed by atoms with van der Waals surface area (Å²) in [4.78, 5) is 35.0. The molecule has 2 aliphatic heterocycles. The van der Waals surface area contributed by atoms with E-state index in [4.69, 9.17) is 0 Å². The molecule has 3 heterocycles. The number of amides is 2. The maximum Gasteiger partial charge on any atom is 0.255 e. The number of hydrogen-bond donors (Lipinski definition) is 2. The van der Waals surface area contributed by atoms with E-state index in [0.717, 1.165) is 54.8 Å². The molecule has 2 amide bonds. The van der Waals surface area contributed by atoms with Crippen LogP contribution in [0.25, 0.3) is 11.1 Å². The first-order valence-corrected chi connectivity index (χ1v) is 14.2. The zero-order valence-electron chi connectivity index (χ0n) is 22.0. The van der Waals surface area contributed by atoms with E-state index >= 15 is 0 Å². The molecule has 7 nitrogen and oxygen atoms in total. The predicted molar refractivity (Wildman–Crippen MR) is 153 cm³/mol. The number of phenolic OH excluding ortho intramolecular Hbond substituents is 1. The van der Waals surface area contributed by atoms with E-state index in [1.807, 2.05) is 18.2 Å². The number of aromatic hydroxyl groups is 1. The fraction of sp³-hybridized carbons (Fsp3) is 0.258. The van der Waals surface area contributed by atoms with Crippen LogP contribution in [0.15, 0.2) is 72.2 Å². The number of rotatable bonds is 6. The molecule has 1 aromatic heterocycles. The molecular weight excluding hydrogens is 527 g/mol. The first-order chi connectivity index (χ1) is 19.4. The average Bonchev–Trinajstić information content (AvgIpc) is 3.59. The largest absolute Gasteiger partial charge is 0.508 e. The Kier molecular flexibility index (Phi) is 7.08. The summed E-state index contributed by atoms with van der Waals surface area (Å²) >= 11 is 1.23. The molecule has 0 spiro atoms. The van der Waals surface area contributed by atoms with Gasteiger partial charge in [-0.15, -0.1) is 11.3 Å². The molecule has 2 aliphatic rings. The van der Waals surface area contributed by atoms with Gasteiger partial charge < -0.3 is 14.9 Å². The minimum Gasteiger partial charge on any atom is -0.508 e. The molecule has 9 heteroatoms. The summed E-state index contributed by atoms with van der Waals surface area (Å²) in [5, 5.41) is 15.3. The number of benzene rings is 3. The number of phenols is 1. The summed E-state index contributed by atoms with van der Waals surface area (Å²) in [6.45, 7) is 2.35. The number of piperidine rings is 1. The number of halogens is 1. The second-order valence-corrected chi connectivity index (χ2v) is 11.3. The molecule has 1 fully saturated rings. The topological polar surface area (TPSA) is 85.8 Å². The number of fused-ring (bicyclic) bond motifs is 1. The molecular formula is C31H29FN4O3S. The van der Waals surface area contributed by atoms with Gasteiger partial charge >= 0.3 is 0 Å². The van der Waals surface area contributed by atoms with E-state index in [0.29, 0.717) is 16.6 Å². The lowest BCUT2D eigenvalue weighted by atomic mass is 9.88. The summed E-state index contributed by atoms with van der Waals surface area (Å²) in [7, 11) is 2.16. The molecule has 3 aromatic carbocycles. The number of hydrogen-bond acceptors (Lipinski definition) is 6. The minimum atomic E-state index is -1.25. The van der Waals surface area contributed by atoms with Gasteiger partial charge in [0.1, 0.15) is 17.6 Å². The van der Waals surface area contributed by atoms with E-state index in [2.05, 4.69) is 46.5 Å². The second-order valence-electron chi connectivity index (χ2n) is 10.4. The van der Waals surface area contributed by atoms with Crippen molar-refractivity contribution in [2.24, 2.45) is 0 Å². The molecule has 0 bridgehead atoms. The zero-order chi connectivity index (χ0) is 27.8. The highest BCUT2D eigenvalue weighted by molar-refractivity contribution is 7.13. The maximum absolute atomic E-state index is 14.2. The van der Waals surface area contributed by atoms with Crippen molar-refractivity contribution in [2.75, 3.05) is 25.5 Å². The van der Waals surface area contributed by atoms with Crippen molar-refractivity contribution < 1.29 is 19.1 Å². The predicted octanol–water partition coefficient (Wildman–Crippen LogP) is 5.80. The van der Waals surface area contributed by atoms with Crippen LogP contribution in [0.5, 0.6) is 5.75 Å². The lowest BCUT2D eigenvalue weighted by Crippen LogP contribution is -2.37. The van der Waals surface area contributed by atoms with Gasteiger partial charge in [0.15, 0.2) is 5.13 Å². The smallest absolute Gasteiger partial charge is 0.255 e.